The monoisotopic (exact) mass is 434 g/mol. The molecule has 0 aliphatic carbocycles. The van der Waals surface area contributed by atoms with Crippen molar-refractivity contribution in [2.45, 2.75) is 38.0 Å². The Morgan fingerprint density at radius 3 is 1.79 bits per heavy atom. The van der Waals surface area contributed by atoms with Crippen LogP contribution in [0.2, 0.25) is 0 Å². The molecule has 0 amide bonds. The fourth-order valence-corrected chi connectivity index (χ4v) is 3.34. The van der Waals surface area contributed by atoms with Crippen molar-refractivity contribution >= 4 is 16.1 Å². The molecule has 0 bridgehead atoms. The number of rotatable bonds is 5. The molecule has 0 spiro atoms. The summed E-state index contributed by atoms with van der Waals surface area (Å²) in [4.78, 5) is 9.05. The molecule has 0 radical (unpaired) electrons. The van der Waals surface area contributed by atoms with E-state index in [0.29, 0.717) is 6.08 Å². The molecule has 0 fully saturated rings. The molecule has 0 unspecified atom stereocenters. The molecule has 0 saturated heterocycles. The van der Waals surface area contributed by atoms with Crippen LogP contribution in [0.5, 0.6) is 5.75 Å². The summed E-state index contributed by atoms with van der Waals surface area (Å²) in [5, 5.41) is 0. The van der Waals surface area contributed by atoms with E-state index in [1.807, 2.05) is 0 Å². The second-order valence-electron chi connectivity index (χ2n) is 6.75. The van der Waals surface area contributed by atoms with Crippen LogP contribution in [0.15, 0.2) is 29.7 Å². The number of carbonyl (C=O) groups excluding carboxylic acids is 1. The fraction of sp³-hybridized carbons (Fsp3) is 0.438. The van der Waals surface area contributed by atoms with Crippen molar-refractivity contribution < 1.29 is 48.5 Å². The van der Waals surface area contributed by atoms with Crippen LogP contribution < -0.4 is 4.74 Å². The number of esters is 1. The van der Waals surface area contributed by atoms with Crippen molar-refractivity contribution in [3.8, 4) is 5.75 Å². The maximum atomic E-state index is 13.4. The van der Waals surface area contributed by atoms with Gasteiger partial charge in [-0.3, -0.25) is 4.18 Å². The van der Waals surface area contributed by atoms with Gasteiger partial charge in [0.25, 0.3) is 10.1 Å². The number of alkyl halides is 6. The summed E-state index contributed by atoms with van der Waals surface area (Å²) >= 11 is 0. The molecule has 0 saturated carbocycles. The summed E-state index contributed by atoms with van der Waals surface area (Å²) < 4.78 is 114. The predicted molar refractivity (Wildman–Crippen MR) is 84.9 cm³/mol. The molecule has 158 valence electrons. The molecule has 0 heterocycles. The zero-order chi connectivity index (χ0) is 22.1. The Hall–Kier alpha value is -2.08. The Bertz CT molecular complexity index is 828. The Labute approximate surface area is 157 Å². The fourth-order valence-electron chi connectivity index (χ4n) is 1.82. The minimum Gasteiger partial charge on any atom is -0.423 e. The van der Waals surface area contributed by atoms with E-state index in [9.17, 15) is 39.6 Å². The second kappa shape index (κ2) is 7.74. The lowest BCUT2D eigenvalue weighted by Gasteiger charge is -2.22. The van der Waals surface area contributed by atoms with Gasteiger partial charge in [-0.2, -0.15) is 34.8 Å². The van der Waals surface area contributed by atoms with Gasteiger partial charge in [0.2, 0.25) is 0 Å². The summed E-state index contributed by atoms with van der Waals surface area (Å²) in [7, 11) is -5.47. The largest absolute Gasteiger partial charge is 0.423 e. The average molecular weight is 434 g/mol. The van der Waals surface area contributed by atoms with Crippen molar-refractivity contribution in [2.24, 2.45) is 5.41 Å². The highest BCUT2D eigenvalue weighted by Gasteiger charge is 2.46. The first-order valence-electron chi connectivity index (χ1n) is 7.44. The van der Waals surface area contributed by atoms with Gasteiger partial charge in [0.1, 0.15) is 10.6 Å². The Morgan fingerprint density at radius 1 is 1.04 bits per heavy atom. The maximum absolute atomic E-state index is 13.4. The summed E-state index contributed by atoms with van der Waals surface area (Å²) in [5.74, 6) is -2.49. The number of hydrogen-bond acceptors (Lipinski definition) is 5. The van der Waals surface area contributed by atoms with Gasteiger partial charge < -0.3 is 4.74 Å². The molecule has 12 heteroatoms. The summed E-state index contributed by atoms with van der Waals surface area (Å²) in [6.07, 6.45) is -10.5. The SMILES string of the molecule is C=CC(=O)Oc1cc(C(F)(F)F)c(S(=O)(=O)OCC(C)(C)C)c(C(F)(F)F)c1. The molecule has 0 aliphatic rings. The van der Waals surface area contributed by atoms with Gasteiger partial charge in [0.15, 0.2) is 0 Å². The molecule has 1 aromatic rings. The van der Waals surface area contributed by atoms with Gasteiger partial charge >= 0.3 is 18.3 Å². The van der Waals surface area contributed by atoms with Crippen LogP contribution in [0.1, 0.15) is 31.9 Å². The number of benzene rings is 1. The van der Waals surface area contributed by atoms with Crippen LogP contribution in [-0.2, 0) is 31.4 Å². The zero-order valence-corrected chi connectivity index (χ0v) is 15.7. The van der Waals surface area contributed by atoms with Crippen molar-refractivity contribution in [3.63, 3.8) is 0 Å². The van der Waals surface area contributed by atoms with E-state index in [1.54, 1.807) is 0 Å². The van der Waals surface area contributed by atoms with Crippen molar-refractivity contribution in [3.05, 3.63) is 35.9 Å². The predicted octanol–water partition coefficient (Wildman–Crippen LogP) is 4.57. The standard InChI is InChI=1S/C16H16F6O5S/c1-5-12(23)27-9-6-10(15(17,18)19)13(11(7-9)16(20,21)22)28(24,25)26-8-14(2,3)4/h5-7H,1,8H2,2-4H3. The van der Waals surface area contributed by atoms with Crippen LogP contribution in [-0.4, -0.2) is 21.0 Å². The van der Waals surface area contributed by atoms with Crippen LogP contribution in [0, 0.1) is 5.41 Å². The minimum absolute atomic E-state index is 0.0238. The lowest BCUT2D eigenvalue weighted by molar-refractivity contribution is -0.148. The van der Waals surface area contributed by atoms with Gasteiger partial charge in [-0.15, -0.1) is 0 Å². The number of halogens is 6. The summed E-state index contributed by atoms with van der Waals surface area (Å²) in [5.41, 5.74) is -5.23. The van der Waals surface area contributed by atoms with Gasteiger partial charge in [0.05, 0.1) is 17.7 Å². The molecule has 28 heavy (non-hydrogen) atoms. The third kappa shape index (κ3) is 6.23. The van der Waals surface area contributed by atoms with E-state index in [1.165, 1.54) is 20.8 Å². The third-order valence-electron chi connectivity index (χ3n) is 2.96. The van der Waals surface area contributed by atoms with E-state index in [2.05, 4.69) is 15.5 Å². The third-order valence-corrected chi connectivity index (χ3v) is 4.32. The second-order valence-corrected chi connectivity index (χ2v) is 8.30. The maximum Gasteiger partial charge on any atom is 0.417 e. The van der Waals surface area contributed by atoms with E-state index in [4.69, 9.17) is 0 Å². The van der Waals surface area contributed by atoms with Crippen molar-refractivity contribution in [1.82, 2.24) is 0 Å². The van der Waals surface area contributed by atoms with E-state index in [-0.39, 0.29) is 12.1 Å². The summed E-state index contributed by atoms with van der Waals surface area (Å²) in [6, 6.07) is -0.0477. The normalized spacial score (nSPS) is 13.3. The molecule has 0 N–H and O–H groups in total. The summed E-state index contributed by atoms with van der Waals surface area (Å²) in [6.45, 7) is 6.70. The number of ether oxygens (including phenoxy) is 1. The molecular weight excluding hydrogens is 418 g/mol. The highest BCUT2D eigenvalue weighted by Crippen LogP contribution is 2.44. The highest BCUT2D eigenvalue weighted by molar-refractivity contribution is 7.86. The first kappa shape index (κ1) is 24.0. The van der Waals surface area contributed by atoms with Gasteiger partial charge in [-0.1, -0.05) is 27.4 Å². The van der Waals surface area contributed by atoms with Crippen molar-refractivity contribution in [2.75, 3.05) is 6.61 Å². The Kier molecular flexibility index (Phi) is 6.62. The van der Waals surface area contributed by atoms with Crippen LogP contribution >= 0.6 is 0 Å². The van der Waals surface area contributed by atoms with Gasteiger partial charge in [-0.25, -0.2) is 4.79 Å². The molecule has 0 aromatic heterocycles. The Morgan fingerprint density at radius 2 is 1.46 bits per heavy atom. The molecule has 5 nitrogen and oxygen atoms in total. The molecule has 1 aromatic carbocycles. The van der Waals surface area contributed by atoms with Gasteiger partial charge in [-0.05, 0) is 17.5 Å². The lowest BCUT2D eigenvalue weighted by Crippen LogP contribution is -2.25. The van der Waals surface area contributed by atoms with Gasteiger partial charge in [0, 0.05) is 6.08 Å². The Balaban J connectivity index is 3.81. The van der Waals surface area contributed by atoms with E-state index >= 15 is 0 Å². The molecule has 0 aliphatic heterocycles. The smallest absolute Gasteiger partial charge is 0.417 e. The topological polar surface area (TPSA) is 69.7 Å². The number of hydrogen-bond donors (Lipinski definition) is 0. The van der Waals surface area contributed by atoms with Crippen LogP contribution in [0.25, 0.3) is 0 Å². The quantitative estimate of drug-likeness (QED) is 0.223. The lowest BCUT2D eigenvalue weighted by atomic mass is 9.99. The first-order valence-corrected chi connectivity index (χ1v) is 8.85. The first-order chi connectivity index (χ1) is 12.4. The number of carbonyl (C=O) groups is 1. The average Bonchev–Trinajstić information content (AvgIpc) is 2.49. The zero-order valence-electron chi connectivity index (χ0n) is 14.9. The molecule has 0 atom stereocenters. The molecular formula is C16H16F6O5S. The van der Waals surface area contributed by atoms with Crippen molar-refractivity contribution in [1.29, 1.82) is 0 Å². The van der Waals surface area contributed by atoms with E-state index < -0.39 is 62.2 Å². The minimum atomic E-state index is -5.52. The van der Waals surface area contributed by atoms with Crippen LogP contribution in [0.3, 0.4) is 0 Å². The van der Waals surface area contributed by atoms with Crippen LogP contribution in [0.4, 0.5) is 26.3 Å². The van der Waals surface area contributed by atoms with E-state index in [0.717, 1.165) is 0 Å². The highest BCUT2D eigenvalue weighted by atomic mass is 32.2. The molecule has 1 rings (SSSR count).